The normalized spacial score (nSPS) is 20.3. The number of carbonyl (C=O) groups is 2. The molecule has 3 aliphatic rings. The predicted molar refractivity (Wildman–Crippen MR) is 140 cm³/mol. The Morgan fingerprint density at radius 1 is 1.10 bits per heavy atom. The van der Waals surface area contributed by atoms with E-state index in [2.05, 4.69) is 30.2 Å². The van der Waals surface area contributed by atoms with E-state index in [1.54, 1.807) is 18.6 Å². The highest BCUT2D eigenvalue weighted by Crippen LogP contribution is 2.32. The van der Waals surface area contributed by atoms with Crippen molar-refractivity contribution in [2.45, 2.75) is 37.8 Å². The van der Waals surface area contributed by atoms with Gasteiger partial charge in [0, 0.05) is 57.8 Å². The molecule has 39 heavy (non-hydrogen) atoms. The van der Waals surface area contributed by atoms with E-state index >= 15 is 0 Å². The maximum absolute atomic E-state index is 13.3. The Hall–Kier alpha value is -4.19. The molecule has 0 radical (unpaired) electrons. The van der Waals surface area contributed by atoms with E-state index in [-0.39, 0.29) is 31.1 Å². The SMILES string of the molecule is O=C(CC1CN(c2ccnc(-c3ncc[nH]3)n2)CCN1C(=O)C1CCCO1)NCCc1ccc2c(c1)OCO2. The summed E-state index contributed by atoms with van der Waals surface area (Å²) >= 11 is 0. The molecule has 3 aliphatic heterocycles. The van der Waals surface area contributed by atoms with Gasteiger partial charge in [-0.1, -0.05) is 6.07 Å². The van der Waals surface area contributed by atoms with Crippen LogP contribution in [0.5, 0.6) is 11.5 Å². The van der Waals surface area contributed by atoms with Crippen LogP contribution in [0.2, 0.25) is 0 Å². The number of hydrogen-bond donors (Lipinski definition) is 2. The minimum Gasteiger partial charge on any atom is -0.454 e. The summed E-state index contributed by atoms with van der Waals surface area (Å²) in [6, 6.07) is 7.32. The fourth-order valence-electron chi connectivity index (χ4n) is 5.24. The summed E-state index contributed by atoms with van der Waals surface area (Å²) in [5.41, 5.74) is 1.05. The van der Waals surface area contributed by atoms with Crippen LogP contribution in [0.15, 0.2) is 42.9 Å². The third kappa shape index (κ3) is 5.65. The number of aromatic nitrogens is 4. The highest BCUT2D eigenvalue weighted by molar-refractivity contribution is 5.83. The molecule has 2 saturated heterocycles. The van der Waals surface area contributed by atoms with Crippen LogP contribution in [0.25, 0.3) is 11.6 Å². The summed E-state index contributed by atoms with van der Waals surface area (Å²) in [5, 5.41) is 3.02. The number of carbonyl (C=O) groups excluding carboxylic acids is 2. The number of aromatic amines is 1. The molecule has 204 valence electrons. The van der Waals surface area contributed by atoms with Crippen LogP contribution in [0.4, 0.5) is 5.82 Å². The van der Waals surface area contributed by atoms with Crippen molar-refractivity contribution in [3.63, 3.8) is 0 Å². The molecule has 2 N–H and O–H groups in total. The second kappa shape index (κ2) is 11.3. The number of ether oxygens (including phenoxy) is 3. The van der Waals surface area contributed by atoms with E-state index in [0.29, 0.717) is 57.3 Å². The van der Waals surface area contributed by atoms with Crippen LogP contribution in [0, 0.1) is 0 Å². The van der Waals surface area contributed by atoms with E-state index in [1.165, 1.54) is 0 Å². The summed E-state index contributed by atoms with van der Waals surface area (Å²) in [4.78, 5) is 46.6. The average molecular weight is 534 g/mol. The Labute approximate surface area is 225 Å². The minimum atomic E-state index is -0.433. The fraction of sp³-hybridized carbons (Fsp3) is 0.444. The van der Waals surface area contributed by atoms with E-state index in [0.717, 1.165) is 29.3 Å². The van der Waals surface area contributed by atoms with Crippen molar-refractivity contribution < 1.29 is 23.8 Å². The topological polar surface area (TPSA) is 135 Å². The molecule has 2 atom stereocenters. The number of piperazine rings is 1. The van der Waals surface area contributed by atoms with Crippen molar-refractivity contribution in [2.75, 3.05) is 44.5 Å². The maximum Gasteiger partial charge on any atom is 0.252 e. The maximum atomic E-state index is 13.3. The standard InChI is InChI=1S/C27H31N7O5/c35-24(28-7-5-18-3-4-20-22(14-18)39-17-38-20)15-19-16-33(11-12-34(19)27(36)21-2-1-13-37-21)23-6-8-29-26(32-23)25-30-9-10-31-25/h3-4,6,8-10,14,19,21H,1-2,5,7,11-13,15-17H2,(H,28,35)(H,30,31). The number of amides is 2. The van der Waals surface area contributed by atoms with Crippen LogP contribution in [0.1, 0.15) is 24.8 Å². The molecule has 0 bridgehead atoms. The average Bonchev–Trinajstić information content (AvgIpc) is 3.75. The number of H-pyrrole nitrogens is 1. The molecule has 2 aromatic heterocycles. The molecule has 0 spiro atoms. The molecule has 0 saturated carbocycles. The van der Waals surface area contributed by atoms with Gasteiger partial charge in [0.05, 0.1) is 6.04 Å². The number of nitrogens with zero attached hydrogens (tertiary/aromatic N) is 5. The highest BCUT2D eigenvalue weighted by Gasteiger charge is 2.37. The van der Waals surface area contributed by atoms with Gasteiger partial charge in [0.15, 0.2) is 23.1 Å². The molecule has 6 rings (SSSR count). The lowest BCUT2D eigenvalue weighted by molar-refractivity contribution is -0.144. The zero-order valence-corrected chi connectivity index (χ0v) is 21.5. The number of imidazole rings is 1. The Balaban J connectivity index is 1.12. The molecule has 5 heterocycles. The summed E-state index contributed by atoms with van der Waals surface area (Å²) < 4.78 is 16.5. The minimum absolute atomic E-state index is 0.0377. The van der Waals surface area contributed by atoms with Gasteiger partial charge in [0.1, 0.15) is 11.9 Å². The van der Waals surface area contributed by atoms with Crippen molar-refractivity contribution in [1.29, 1.82) is 0 Å². The van der Waals surface area contributed by atoms with E-state index in [9.17, 15) is 9.59 Å². The molecule has 2 unspecified atom stereocenters. The molecule has 12 heteroatoms. The zero-order valence-electron chi connectivity index (χ0n) is 21.5. The third-order valence-electron chi connectivity index (χ3n) is 7.24. The second-order valence-electron chi connectivity index (χ2n) is 9.80. The van der Waals surface area contributed by atoms with Gasteiger partial charge in [-0.25, -0.2) is 15.0 Å². The molecule has 2 amide bonds. The Kier molecular flexibility index (Phi) is 7.26. The van der Waals surface area contributed by atoms with Crippen LogP contribution in [-0.4, -0.2) is 88.4 Å². The van der Waals surface area contributed by atoms with Gasteiger partial charge in [0.2, 0.25) is 12.7 Å². The van der Waals surface area contributed by atoms with Gasteiger partial charge < -0.3 is 34.3 Å². The Bertz CT molecular complexity index is 1310. The first-order valence-corrected chi connectivity index (χ1v) is 13.3. The molecular formula is C27H31N7O5. The number of hydrogen-bond acceptors (Lipinski definition) is 9. The first kappa shape index (κ1) is 25.1. The number of rotatable bonds is 8. The predicted octanol–water partition coefficient (Wildman–Crippen LogP) is 1.54. The van der Waals surface area contributed by atoms with Gasteiger partial charge >= 0.3 is 0 Å². The van der Waals surface area contributed by atoms with E-state index in [1.807, 2.05) is 29.2 Å². The van der Waals surface area contributed by atoms with Gasteiger partial charge in [-0.05, 0) is 43.0 Å². The summed E-state index contributed by atoms with van der Waals surface area (Å²) in [5.74, 6) is 3.13. The second-order valence-corrected chi connectivity index (χ2v) is 9.80. The Morgan fingerprint density at radius 3 is 2.87 bits per heavy atom. The zero-order chi connectivity index (χ0) is 26.6. The van der Waals surface area contributed by atoms with Gasteiger partial charge in [-0.3, -0.25) is 9.59 Å². The van der Waals surface area contributed by atoms with Gasteiger partial charge in [0.25, 0.3) is 5.91 Å². The van der Waals surface area contributed by atoms with Crippen molar-refractivity contribution in [2.24, 2.45) is 0 Å². The lowest BCUT2D eigenvalue weighted by atomic mass is 10.1. The number of nitrogens with one attached hydrogen (secondary N) is 2. The van der Waals surface area contributed by atoms with Crippen molar-refractivity contribution in [3.8, 4) is 23.1 Å². The molecule has 1 aromatic carbocycles. The summed E-state index contributed by atoms with van der Waals surface area (Å²) in [6.07, 6.45) is 7.08. The Morgan fingerprint density at radius 2 is 2.03 bits per heavy atom. The van der Waals surface area contributed by atoms with Gasteiger partial charge in [-0.15, -0.1) is 0 Å². The number of benzene rings is 1. The molecule has 0 aliphatic carbocycles. The largest absolute Gasteiger partial charge is 0.454 e. The third-order valence-corrected chi connectivity index (χ3v) is 7.24. The van der Waals surface area contributed by atoms with Crippen LogP contribution in [0.3, 0.4) is 0 Å². The monoisotopic (exact) mass is 533 g/mol. The van der Waals surface area contributed by atoms with Crippen molar-refractivity contribution in [3.05, 3.63) is 48.4 Å². The number of anilines is 1. The first-order chi connectivity index (χ1) is 19.1. The first-order valence-electron chi connectivity index (χ1n) is 13.3. The lowest BCUT2D eigenvalue weighted by Gasteiger charge is -2.42. The van der Waals surface area contributed by atoms with Crippen molar-refractivity contribution in [1.82, 2.24) is 30.2 Å². The number of fused-ring (bicyclic) bond motifs is 1. The molecular weight excluding hydrogens is 502 g/mol. The highest BCUT2D eigenvalue weighted by atomic mass is 16.7. The quantitative estimate of drug-likeness (QED) is 0.442. The molecule has 3 aromatic rings. The van der Waals surface area contributed by atoms with Gasteiger partial charge in [-0.2, -0.15) is 0 Å². The summed E-state index contributed by atoms with van der Waals surface area (Å²) in [7, 11) is 0. The molecule has 12 nitrogen and oxygen atoms in total. The van der Waals surface area contributed by atoms with E-state index < -0.39 is 6.10 Å². The van der Waals surface area contributed by atoms with Crippen LogP contribution in [-0.2, 0) is 20.7 Å². The summed E-state index contributed by atoms with van der Waals surface area (Å²) in [6.45, 7) is 2.85. The lowest BCUT2D eigenvalue weighted by Crippen LogP contribution is -2.58. The molecule has 2 fully saturated rings. The van der Waals surface area contributed by atoms with E-state index in [4.69, 9.17) is 14.2 Å². The van der Waals surface area contributed by atoms with Crippen LogP contribution >= 0.6 is 0 Å². The van der Waals surface area contributed by atoms with Crippen LogP contribution < -0.4 is 19.7 Å². The fourth-order valence-corrected chi connectivity index (χ4v) is 5.24. The van der Waals surface area contributed by atoms with Crippen molar-refractivity contribution >= 4 is 17.6 Å². The smallest absolute Gasteiger partial charge is 0.252 e.